The molecule has 0 spiro atoms. The molecule has 10 heavy (non-hydrogen) atoms. The standard InChI is InChI=1S/C9H13N/c1-2-8-5-6-9-4-3-7-10(8)9/h1,8-9H,3-7H2/t8-,9+/m0/s1. The number of terminal acetylenes is 1. The van der Waals surface area contributed by atoms with Crippen LogP contribution in [-0.4, -0.2) is 23.5 Å². The SMILES string of the molecule is C#C[C@H]1CC[C@H]2CCCN21. The zero-order valence-electron chi connectivity index (χ0n) is 6.21. The van der Waals surface area contributed by atoms with Crippen LogP contribution in [0.1, 0.15) is 25.7 Å². The van der Waals surface area contributed by atoms with Crippen molar-refractivity contribution < 1.29 is 0 Å². The van der Waals surface area contributed by atoms with Crippen molar-refractivity contribution in [1.29, 1.82) is 0 Å². The van der Waals surface area contributed by atoms with E-state index in [1.165, 1.54) is 32.2 Å². The summed E-state index contributed by atoms with van der Waals surface area (Å²) in [6, 6.07) is 1.33. The van der Waals surface area contributed by atoms with E-state index in [-0.39, 0.29) is 0 Å². The van der Waals surface area contributed by atoms with Gasteiger partial charge in [0.25, 0.3) is 0 Å². The van der Waals surface area contributed by atoms with Crippen LogP contribution in [0.4, 0.5) is 0 Å². The molecular formula is C9H13N. The van der Waals surface area contributed by atoms with Gasteiger partial charge in [-0.1, -0.05) is 5.92 Å². The van der Waals surface area contributed by atoms with Gasteiger partial charge in [-0.3, -0.25) is 4.90 Å². The lowest BCUT2D eigenvalue weighted by Gasteiger charge is -2.18. The van der Waals surface area contributed by atoms with Crippen LogP contribution in [0.15, 0.2) is 0 Å². The van der Waals surface area contributed by atoms with Crippen molar-refractivity contribution >= 4 is 0 Å². The summed E-state index contributed by atoms with van der Waals surface area (Å²) in [5, 5.41) is 0. The van der Waals surface area contributed by atoms with Crippen molar-refractivity contribution in [3.8, 4) is 12.3 Å². The van der Waals surface area contributed by atoms with Gasteiger partial charge in [-0.05, 0) is 32.2 Å². The van der Waals surface area contributed by atoms with E-state index in [0.717, 1.165) is 6.04 Å². The largest absolute Gasteiger partial charge is 0.287 e. The molecule has 0 aromatic heterocycles. The monoisotopic (exact) mass is 135 g/mol. The van der Waals surface area contributed by atoms with Crippen molar-refractivity contribution in [3.05, 3.63) is 0 Å². The summed E-state index contributed by atoms with van der Waals surface area (Å²) in [6.45, 7) is 1.25. The Balaban J connectivity index is 2.10. The zero-order chi connectivity index (χ0) is 6.97. The van der Waals surface area contributed by atoms with Crippen LogP contribution in [0.25, 0.3) is 0 Å². The summed E-state index contributed by atoms with van der Waals surface area (Å²) < 4.78 is 0. The second kappa shape index (κ2) is 2.29. The highest BCUT2D eigenvalue weighted by Gasteiger charge is 2.35. The fraction of sp³-hybridized carbons (Fsp3) is 0.778. The second-order valence-corrected chi connectivity index (χ2v) is 3.29. The molecule has 54 valence electrons. The van der Waals surface area contributed by atoms with E-state index in [9.17, 15) is 0 Å². The minimum atomic E-state index is 0.479. The Morgan fingerprint density at radius 3 is 3.00 bits per heavy atom. The first kappa shape index (κ1) is 6.24. The highest BCUT2D eigenvalue weighted by atomic mass is 15.2. The van der Waals surface area contributed by atoms with Crippen LogP contribution < -0.4 is 0 Å². The molecule has 2 aliphatic rings. The van der Waals surface area contributed by atoms with Gasteiger partial charge in [0.15, 0.2) is 0 Å². The van der Waals surface area contributed by atoms with Gasteiger partial charge < -0.3 is 0 Å². The molecule has 1 heteroatoms. The van der Waals surface area contributed by atoms with Gasteiger partial charge in [-0.25, -0.2) is 0 Å². The molecular weight excluding hydrogens is 122 g/mol. The first-order valence-corrected chi connectivity index (χ1v) is 4.13. The number of nitrogens with zero attached hydrogens (tertiary/aromatic N) is 1. The van der Waals surface area contributed by atoms with Crippen LogP contribution >= 0.6 is 0 Å². The van der Waals surface area contributed by atoms with Crippen molar-refractivity contribution in [3.63, 3.8) is 0 Å². The summed E-state index contributed by atoms with van der Waals surface area (Å²) in [5.74, 6) is 2.86. The molecule has 2 atom stereocenters. The van der Waals surface area contributed by atoms with Gasteiger partial charge >= 0.3 is 0 Å². The lowest BCUT2D eigenvalue weighted by Crippen LogP contribution is -2.29. The quantitative estimate of drug-likeness (QED) is 0.452. The Hall–Kier alpha value is -0.480. The van der Waals surface area contributed by atoms with Crippen LogP contribution in [-0.2, 0) is 0 Å². The Morgan fingerprint density at radius 2 is 2.20 bits per heavy atom. The minimum absolute atomic E-state index is 0.479. The molecule has 0 N–H and O–H groups in total. The minimum Gasteiger partial charge on any atom is -0.287 e. The molecule has 2 fully saturated rings. The third-order valence-electron chi connectivity index (χ3n) is 2.79. The number of hydrogen-bond donors (Lipinski definition) is 0. The maximum Gasteiger partial charge on any atom is 0.0714 e. The normalized spacial score (nSPS) is 39.5. The smallest absolute Gasteiger partial charge is 0.0714 e. The Bertz CT molecular complexity index is 168. The van der Waals surface area contributed by atoms with E-state index in [1.807, 2.05) is 0 Å². The molecule has 0 unspecified atom stereocenters. The summed E-state index contributed by atoms with van der Waals surface area (Å²) in [7, 11) is 0. The van der Waals surface area contributed by atoms with Gasteiger partial charge in [0, 0.05) is 6.04 Å². The molecule has 2 rings (SSSR count). The highest BCUT2D eigenvalue weighted by molar-refractivity contribution is 5.07. The van der Waals surface area contributed by atoms with Crippen LogP contribution in [0.2, 0.25) is 0 Å². The molecule has 2 saturated heterocycles. The van der Waals surface area contributed by atoms with Gasteiger partial charge in [0.05, 0.1) is 6.04 Å². The second-order valence-electron chi connectivity index (χ2n) is 3.29. The fourth-order valence-corrected chi connectivity index (χ4v) is 2.27. The highest BCUT2D eigenvalue weighted by Crippen LogP contribution is 2.31. The third-order valence-corrected chi connectivity index (χ3v) is 2.79. The van der Waals surface area contributed by atoms with E-state index in [1.54, 1.807) is 0 Å². The first-order valence-electron chi connectivity index (χ1n) is 4.13. The number of hydrogen-bond acceptors (Lipinski definition) is 1. The van der Waals surface area contributed by atoms with Gasteiger partial charge in [0.2, 0.25) is 0 Å². The lowest BCUT2D eigenvalue weighted by atomic mass is 10.1. The molecule has 0 bridgehead atoms. The molecule has 0 amide bonds. The third kappa shape index (κ3) is 0.759. The maximum absolute atomic E-state index is 5.40. The van der Waals surface area contributed by atoms with Gasteiger partial charge in [-0.15, -0.1) is 6.42 Å². The van der Waals surface area contributed by atoms with Crippen LogP contribution in [0.3, 0.4) is 0 Å². The molecule has 2 heterocycles. The van der Waals surface area contributed by atoms with Crippen LogP contribution in [0.5, 0.6) is 0 Å². The summed E-state index contributed by atoms with van der Waals surface area (Å²) >= 11 is 0. The van der Waals surface area contributed by atoms with E-state index in [2.05, 4.69) is 10.8 Å². The molecule has 0 radical (unpaired) electrons. The van der Waals surface area contributed by atoms with Gasteiger partial charge in [-0.2, -0.15) is 0 Å². The predicted octanol–water partition coefficient (Wildman–Crippen LogP) is 1.25. The Morgan fingerprint density at radius 1 is 1.30 bits per heavy atom. The topological polar surface area (TPSA) is 3.24 Å². The molecule has 0 saturated carbocycles. The predicted molar refractivity (Wildman–Crippen MR) is 41.6 cm³/mol. The Kier molecular flexibility index (Phi) is 1.43. The average Bonchev–Trinajstić information content (AvgIpc) is 2.44. The molecule has 0 aromatic carbocycles. The van der Waals surface area contributed by atoms with Crippen molar-refractivity contribution in [1.82, 2.24) is 4.90 Å². The summed E-state index contributed by atoms with van der Waals surface area (Å²) in [6.07, 6.45) is 10.7. The maximum atomic E-state index is 5.40. The zero-order valence-corrected chi connectivity index (χ0v) is 6.21. The van der Waals surface area contributed by atoms with E-state index in [0.29, 0.717) is 6.04 Å². The van der Waals surface area contributed by atoms with E-state index >= 15 is 0 Å². The van der Waals surface area contributed by atoms with Crippen molar-refractivity contribution in [2.75, 3.05) is 6.54 Å². The number of fused-ring (bicyclic) bond motifs is 1. The lowest BCUT2D eigenvalue weighted by molar-refractivity contribution is 0.286. The molecule has 2 aliphatic heterocycles. The van der Waals surface area contributed by atoms with Gasteiger partial charge in [0.1, 0.15) is 0 Å². The van der Waals surface area contributed by atoms with Crippen LogP contribution in [0, 0.1) is 12.3 Å². The fourth-order valence-electron chi connectivity index (χ4n) is 2.27. The molecule has 0 aliphatic carbocycles. The van der Waals surface area contributed by atoms with E-state index < -0.39 is 0 Å². The first-order chi connectivity index (χ1) is 4.92. The Labute approximate surface area is 62.4 Å². The van der Waals surface area contributed by atoms with Crippen molar-refractivity contribution in [2.45, 2.75) is 37.8 Å². The molecule has 1 nitrogen and oxygen atoms in total. The number of rotatable bonds is 0. The molecule has 0 aromatic rings. The summed E-state index contributed by atoms with van der Waals surface area (Å²) in [5.41, 5.74) is 0. The summed E-state index contributed by atoms with van der Waals surface area (Å²) in [4.78, 5) is 2.50. The van der Waals surface area contributed by atoms with Crippen molar-refractivity contribution in [2.24, 2.45) is 0 Å². The average molecular weight is 135 g/mol. The van der Waals surface area contributed by atoms with E-state index in [4.69, 9.17) is 6.42 Å².